The zero-order valence-corrected chi connectivity index (χ0v) is 13.9. The Labute approximate surface area is 134 Å². The van der Waals surface area contributed by atoms with Crippen molar-refractivity contribution in [1.29, 1.82) is 0 Å². The first-order valence-corrected chi connectivity index (χ1v) is 8.43. The highest BCUT2D eigenvalue weighted by atomic mass is 79.9. The molecule has 1 rings (SSSR count). The van der Waals surface area contributed by atoms with E-state index in [0.29, 0.717) is 22.9 Å². The molecule has 0 radical (unpaired) electrons. The Bertz CT molecular complexity index is 426. The number of benzene rings is 1. The molecule has 112 valence electrons. The number of primary amides is 1. The van der Waals surface area contributed by atoms with Crippen LogP contribution in [0.2, 0.25) is 5.02 Å². The number of carbonyl (C=O) groups excluding carboxylic acids is 1. The molecule has 1 aromatic carbocycles. The summed E-state index contributed by atoms with van der Waals surface area (Å²) in [5.41, 5.74) is 5.58. The third kappa shape index (κ3) is 6.62. The molecule has 0 unspecified atom stereocenters. The maximum absolute atomic E-state index is 11.0. The summed E-state index contributed by atoms with van der Waals surface area (Å²) in [7, 11) is 0. The fourth-order valence-electron chi connectivity index (χ4n) is 1.86. The van der Waals surface area contributed by atoms with Gasteiger partial charge in [0.1, 0.15) is 5.75 Å². The van der Waals surface area contributed by atoms with E-state index >= 15 is 0 Å². The molecule has 0 bridgehead atoms. The molecule has 0 aliphatic carbocycles. The van der Waals surface area contributed by atoms with E-state index < -0.39 is 5.91 Å². The molecule has 0 aliphatic heterocycles. The van der Waals surface area contributed by atoms with Gasteiger partial charge in [-0.1, -0.05) is 53.2 Å². The van der Waals surface area contributed by atoms with Gasteiger partial charge in [0.25, 0.3) is 0 Å². The van der Waals surface area contributed by atoms with Crippen molar-refractivity contribution in [2.45, 2.75) is 38.5 Å². The average Bonchev–Trinajstić information content (AvgIpc) is 2.43. The van der Waals surface area contributed by atoms with Gasteiger partial charge in [0.15, 0.2) is 0 Å². The Morgan fingerprint density at radius 1 is 1.15 bits per heavy atom. The van der Waals surface area contributed by atoms with Gasteiger partial charge < -0.3 is 10.5 Å². The molecule has 20 heavy (non-hydrogen) atoms. The quantitative estimate of drug-likeness (QED) is 0.490. The number of hydrogen-bond acceptors (Lipinski definition) is 2. The number of nitrogens with two attached hydrogens (primary N) is 1. The second-order valence-electron chi connectivity index (χ2n) is 4.67. The molecule has 2 N–H and O–H groups in total. The standard InChI is InChI=1S/C15H21BrClNO2/c16-9-5-3-1-2-4-6-10-20-14-8-7-12(15(18)19)11-13(14)17/h7-8,11H,1-6,9-10H2,(H2,18,19). The van der Waals surface area contributed by atoms with Gasteiger partial charge in [-0.2, -0.15) is 0 Å². The van der Waals surface area contributed by atoms with Gasteiger partial charge in [0.2, 0.25) is 5.91 Å². The van der Waals surface area contributed by atoms with Crippen molar-refractivity contribution < 1.29 is 9.53 Å². The Hall–Kier alpha value is -0.740. The van der Waals surface area contributed by atoms with Crippen LogP contribution in [0.15, 0.2) is 18.2 Å². The molecular weight excluding hydrogens is 342 g/mol. The van der Waals surface area contributed by atoms with Crippen LogP contribution in [-0.2, 0) is 0 Å². The molecule has 0 spiro atoms. The molecule has 0 saturated carbocycles. The number of rotatable bonds is 10. The van der Waals surface area contributed by atoms with E-state index in [9.17, 15) is 4.79 Å². The van der Waals surface area contributed by atoms with E-state index in [4.69, 9.17) is 22.1 Å². The molecule has 0 aliphatic rings. The monoisotopic (exact) mass is 361 g/mol. The van der Waals surface area contributed by atoms with Crippen molar-refractivity contribution in [3.8, 4) is 5.75 Å². The number of ether oxygens (including phenoxy) is 1. The number of amides is 1. The zero-order valence-electron chi connectivity index (χ0n) is 11.5. The maximum atomic E-state index is 11.0. The summed E-state index contributed by atoms with van der Waals surface area (Å²) >= 11 is 9.46. The third-order valence-electron chi connectivity index (χ3n) is 3.00. The van der Waals surface area contributed by atoms with E-state index in [1.54, 1.807) is 18.2 Å². The van der Waals surface area contributed by atoms with Gasteiger partial charge in [-0.05, 0) is 31.0 Å². The summed E-state index contributed by atoms with van der Waals surface area (Å²) in [6, 6.07) is 4.86. The molecule has 5 heteroatoms. The smallest absolute Gasteiger partial charge is 0.248 e. The highest BCUT2D eigenvalue weighted by Gasteiger charge is 2.06. The minimum Gasteiger partial charge on any atom is -0.492 e. The first kappa shape index (κ1) is 17.3. The lowest BCUT2D eigenvalue weighted by atomic mass is 10.1. The Balaban J connectivity index is 2.20. The zero-order chi connectivity index (χ0) is 14.8. The highest BCUT2D eigenvalue weighted by Crippen LogP contribution is 2.25. The average molecular weight is 363 g/mol. The molecule has 1 aromatic rings. The van der Waals surface area contributed by atoms with E-state index in [-0.39, 0.29) is 0 Å². The highest BCUT2D eigenvalue weighted by molar-refractivity contribution is 9.09. The Morgan fingerprint density at radius 3 is 2.40 bits per heavy atom. The number of halogens is 2. The van der Waals surface area contributed by atoms with E-state index in [1.807, 2.05) is 0 Å². The van der Waals surface area contributed by atoms with E-state index in [1.165, 1.54) is 32.1 Å². The lowest BCUT2D eigenvalue weighted by Crippen LogP contribution is -2.10. The fourth-order valence-corrected chi connectivity index (χ4v) is 2.49. The van der Waals surface area contributed by atoms with Crippen LogP contribution >= 0.6 is 27.5 Å². The SMILES string of the molecule is NC(=O)c1ccc(OCCCCCCCCBr)c(Cl)c1. The molecule has 3 nitrogen and oxygen atoms in total. The molecule has 0 atom stereocenters. The Morgan fingerprint density at radius 2 is 1.80 bits per heavy atom. The van der Waals surface area contributed by atoms with Crippen LogP contribution in [0.5, 0.6) is 5.75 Å². The molecule has 0 aromatic heterocycles. The third-order valence-corrected chi connectivity index (χ3v) is 3.86. The number of carbonyl (C=O) groups is 1. The molecule has 0 fully saturated rings. The van der Waals surface area contributed by atoms with Gasteiger partial charge in [0, 0.05) is 10.9 Å². The summed E-state index contributed by atoms with van der Waals surface area (Å²) in [5, 5.41) is 1.52. The Kier molecular flexibility index (Phi) is 8.70. The lowest BCUT2D eigenvalue weighted by molar-refractivity contribution is 0.100. The molecular formula is C15H21BrClNO2. The lowest BCUT2D eigenvalue weighted by Gasteiger charge is -2.08. The number of hydrogen-bond donors (Lipinski definition) is 1. The van der Waals surface area contributed by atoms with Crippen LogP contribution in [-0.4, -0.2) is 17.8 Å². The maximum Gasteiger partial charge on any atom is 0.248 e. The summed E-state index contributed by atoms with van der Waals surface area (Å²) in [4.78, 5) is 11.0. The minimum atomic E-state index is -0.484. The van der Waals surface area contributed by atoms with E-state index in [2.05, 4.69) is 15.9 Å². The summed E-state index contributed by atoms with van der Waals surface area (Å²) in [6.45, 7) is 0.647. The normalized spacial score (nSPS) is 10.5. The largest absolute Gasteiger partial charge is 0.492 e. The summed E-state index contributed by atoms with van der Waals surface area (Å²) in [5.74, 6) is 0.123. The second kappa shape index (κ2) is 10.1. The molecule has 1 amide bonds. The van der Waals surface area contributed by atoms with Crippen molar-refractivity contribution in [3.63, 3.8) is 0 Å². The predicted octanol–water partition coefficient (Wildman–Crippen LogP) is 4.55. The van der Waals surface area contributed by atoms with Crippen LogP contribution < -0.4 is 10.5 Å². The van der Waals surface area contributed by atoms with Gasteiger partial charge in [-0.15, -0.1) is 0 Å². The number of alkyl halides is 1. The fraction of sp³-hybridized carbons (Fsp3) is 0.533. The van der Waals surface area contributed by atoms with Gasteiger partial charge >= 0.3 is 0 Å². The van der Waals surface area contributed by atoms with Crippen LogP contribution in [0.4, 0.5) is 0 Å². The van der Waals surface area contributed by atoms with Crippen LogP contribution in [0.3, 0.4) is 0 Å². The minimum absolute atomic E-state index is 0.397. The van der Waals surface area contributed by atoms with Gasteiger partial charge in [0.05, 0.1) is 11.6 Å². The number of unbranched alkanes of at least 4 members (excludes halogenated alkanes) is 5. The first-order valence-electron chi connectivity index (χ1n) is 6.93. The van der Waals surface area contributed by atoms with Crippen LogP contribution in [0.1, 0.15) is 48.9 Å². The van der Waals surface area contributed by atoms with Crippen LogP contribution in [0.25, 0.3) is 0 Å². The molecule has 0 heterocycles. The topological polar surface area (TPSA) is 52.3 Å². The van der Waals surface area contributed by atoms with Crippen molar-refractivity contribution >= 4 is 33.4 Å². The summed E-state index contributed by atoms with van der Waals surface area (Å²) in [6.07, 6.45) is 7.23. The van der Waals surface area contributed by atoms with Crippen molar-refractivity contribution in [2.75, 3.05) is 11.9 Å². The first-order chi connectivity index (χ1) is 9.65. The van der Waals surface area contributed by atoms with Crippen molar-refractivity contribution in [2.24, 2.45) is 5.73 Å². The van der Waals surface area contributed by atoms with Crippen molar-refractivity contribution in [3.05, 3.63) is 28.8 Å². The van der Waals surface area contributed by atoms with Gasteiger partial charge in [-0.3, -0.25) is 4.79 Å². The van der Waals surface area contributed by atoms with Crippen molar-refractivity contribution in [1.82, 2.24) is 0 Å². The van der Waals surface area contributed by atoms with Gasteiger partial charge in [-0.25, -0.2) is 0 Å². The van der Waals surface area contributed by atoms with E-state index in [0.717, 1.165) is 11.8 Å². The summed E-state index contributed by atoms with van der Waals surface area (Å²) < 4.78 is 5.61. The molecule has 0 saturated heterocycles. The second-order valence-corrected chi connectivity index (χ2v) is 5.87. The van der Waals surface area contributed by atoms with Crippen LogP contribution in [0, 0.1) is 0 Å². The predicted molar refractivity (Wildman–Crippen MR) is 87.0 cm³/mol.